The summed E-state index contributed by atoms with van der Waals surface area (Å²) in [5.41, 5.74) is 3.13. The van der Waals surface area contributed by atoms with Gasteiger partial charge in [-0.05, 0) is 79.1 Å². The molecule has 0 radical (unpaired) electrons. The van der Waals surface area contributed by atoms with E-state index >= 15 is 0 Å². The van der Waals surface area contributed by atoms with Crippen molar-refractivity contribution in [1.82, 2.24) is 39.0 Å². The number of rotatable bonds is 23. The number of carboxylic acid groups (broad SMARTS) is 1. The topological polar surface area (TPSA) is 156 Å². The normalized spacial score (nSPS) is 16.2. The summed E-state index contributed by atoms with van der Waals surface area (Å²) in [6, 6.07) is 19.1. The second-order valence-electron chi connectivity index (χ2n) is 19.4. The lowest BCUT2D eigenvalue weighted by molar-refractivity contribution is -0.137. The fraction of sp³-hybridized carbons (Fsp3) is 0.500. The van der Waals surface area contributed by atoms with E-state index in [1.165, 1.54) is 127 Å². The molecule has 71 heavy (non-hydrogen) atoms. The summed E-state index contributed by atoms with van der Waals surface area (Å²) in [4.78, 5) is 62.4. The molecule has 0 unspecified atom stereocenters. The van der Waals surface area contributed by atoms with Gasteiger partial charge in [-0.2, -0.15) is 0 Å². The van der Waals surface area contributed by atoms with Crippen LogP contribution in [0.1, 0.15) is 157 Å². The maximum absolute atomic E-state index is 14.5. The largest absolute Gasteiger partial charge is 0.481 e. The first-order chi connectivity index (χ1) is 34.6. The number of imidazole rings is 1. The van der Waals surface area contributed by atoms with Gasteiger partial charge in [-0.1, -0.05) is 133 Å². The minimum Gasteiger partial charge on any atom is -0.481 e. The van der Waals surface area contributed by atoms with Crippen molar-refractivity contribution in [3.05, 3.63) is 129 Å². The Balaban J connectivity index is 0.000000315. The van der Waals surface area contributed by atoms with E-state index in [1.54, 1.807) is 6.07 Å². The first-order valence-corrected chi connectivity index (χ1v) is 26.2. The van der Waals surface area contributed by atoms with Gasteiger partial charge < -0.3 is 20.1 Å². The number of fused-ring (bicyclic) bond motifs is 2. The Kier molecular flexibility index (Phi) is 20.0. The van der Waals surface area contributed by atoms with Crippen LogP contribution in [-0.4, -0.2) is 77.6 Å². The van der Waals surface area contributed by atoms with E-state index in [9.17, 15) is 28.0 Å². The molecule has 0 atom stereocenters. The average molecular weight is 975 g/mol. The first kappa shape index (κ1) is 52.8. The number of amides is 1. The average Bonchev–Trinajstić information content (AvgIpc) is 3.80. The smallest absolute Gasteiger partial charge is 0.337 e. The van der Waals surface area contributed by atoms with Crippen LogP contribution in [0.15, 0.2) is 94.9 Å². The van der Waals surface area contributed by atoms with Crippen LogP contribution in [0.5, 0.6) is 0 Å². The number of nitrogens with zero attached hydrogens (tertiary/aromatic N) is 6. The van der Waals surface area contributed by atoms with E-state index in [0.717, 1.165) is 69.0 Å². The predicted molar refractivity (Wildman–Crippen MR) is 276 cm³/mol. The molecule has 1 aliphatic heterocycles. The Bertz CT molecular complexity index is 2780. The fourth-order valence-corrected chi connectivity index (χ4v) is 9.95. The van der Waals surface area contributed by atoms with E-state index in [2.05, 4.69) is 56.7 Å². The lowest BCUT2D eigenvalue weighted by atomic mass is 9.90. The van der Waals surface area contributed by atoms with Crippen LogP contribution in [-0.2, 0) is 11.3 Å². The number of carboxylic acids is 1. The molecule has 1 aliphatic carbocycles. The third-order valence-corrected chi connectivity index (χ3v) is 13.9. The molecule has 8 rings (SSSR count). The Morgan fingerprint density at radius 2 is 1.39 bits per heavy atom. The Morgan fingerprint density at radius 3 is 2.04 bits per heavy atom. The van der Waals surface area contributed by atoms with Crippen molar-refractivity contribution in [2.24, 2.45) is 0 Å². The molecule has 1 saturated carbocycles. The molecule has 2 fully saturated rings. The standard InChI is InChI=1S/C38H36F2N8O3.C18H36O2/c39-27-8-13-34-44-33(23-46(34)22-27)36(49)43-29-9-11-30(12-10-29)48-37(50)32-19-28(40)20-42-35(32)47(38(48)51)31-3-1-2-26(18-31)25-6-4-24(5-7-25)21-45-16-14-41-15-17-45;1-2-3-4-5-6-7-8-9-10-11-12-13-14-15-16-17-18(19)20/h1-8,13,18-20,22-23,29-30,41H,9-12,14-17,21H2,(H,43,49);2-17H2,1H3,(H,19,20). The summed E-state index contributed by atoms with van der Waals surface area (Å²) < 4.78 is 32.2. The van der Waals surface area contributed by atoms with Crippen LogP contribution in [0.25, 0.3) is 33.5 Å². The molecule has 3 N–H and O–H groups in total. The minimum atomic E-state index is -0.674. The first-order valence-electron chi connectivity index (χ1n) is 26.2. The number of carbonyl (C=O) groups excluding carboxylic acids is 1. The molecule has 2 aliphatic rings. The van der Waals surface area contributed by atoms with Crippen LogP contribution in [0.3, 0.4) is 0 Å². The highest BCUT2D eigenvalue weighted by molar-refractivity contribution is 5.93. The van der Waals surface area contributed by atoms with Gasteiger partial charge in [0, 0.05) is 63.6 Å². The molecule has 0 bridgehead atoms. The number of benzene rings is 2. The second kappa shape index (κ2) is 27.0. The zero-order chi connectivity index (χ0) is 50.0. The van der Waals surface area contributed by atoms with Crippen LogP contribution in [0, 0.1) is 11.6 Å². The number of piperazine rings is 1. The minimum absolute atomic E-state index is 0.0102. The summed E-state index contributed by atoms with van der Waals surface area (Å²) in [7, 11) is 0. The van der Waals surface area contributed by atoms with Gasteiger partial charge in [0.1, 0.15) is 23.0 Å². The number of unbranched alkanes of at least 4 members (excludes halogenated alkanes) is 14. The number of carbonyl (C=O) groups is 2. The van der Waals surface area contributed by atoms with Gasteiger partial charge in [-0.25, -0.2) is 28.1 Å². The van der Waals surface area contributed by atoms with Gasteiger partial charge in [-0.3, -0.25) is 23.9 Å². The van der Waals surface area contributed by atoms with Gasteiger partial charge in [-0.15, -0.1) is 0 Å². The number of halogens is 2. The monoisotopic (exact) mass is 975 g/mol. The molecule has 13 nitrogen and oxygen atoms in total. The van der Waals surface area contributed by atoms with Crippen LogP contribution in [0.4, 0.5) is 8.78 Å². The lowest BCUT2D eigenvalue weighted by Crippen LogP contribution is -2.45. The molecule has 380 valence electrons. The predicted octanol–water partition coefficient (Wildman–Crippen LogP) is 10.8. The van der Waals surface area contributed by atoms with Crippen LogP contribution in [0.2, 0.25) is 0 Å². The van der Waals surface area contributed by atoms with Crippen molar-refractivity contribution in [2.45, 2.75) is 154 Å². The van der Waals surface area contributed by atoms with Crippen molar-refractivity contribution < 1.29 is 23.5 Å². The number of hydrogen-bond acceptors (Lipinski definition) is 8. The number of hydrogen-bond donors (Lipinski definition) is 3. The molecule has 4 aromatic heterocycles. The molecule has 2 aromatic carbocycles. The summed E-state index contributed by atoms with van der Waals surface area (Å²) in [5, 5.41) is 14.9. The number of nitrogens with one attached hydrogen (secondary N) is 2. The number of pyridine rings is 2. The van der Waals surface area contributed by atoms with Gasteiger partial charge in [0.25, 0.3) is 11.5 Å². The summed E-state index contributed by atoms with van der Waals surface area (Å²) in [6.07, 6.45) is 25.8. The zero-order valence-corrected chi connectivity index (χ0v) is 41.4. The number of aromatic nitrogens is 5. The quantitative estimate of drug-likeness (QED) is 0.0532. The summed E-state index contributed by atoms with van der Waals surface area (Å²) >= 11 is 0. The molecule has 6 aromatic rings. The summed E-state index contributed by atoms with van der Waals surface area (Å²) in [5.74, 6) is -2.15. The van der Waals surface area contributed by atoms with Crippen LogP contribution < -0.4 is 21.9 Å². The highest BCUT2D eigenvalue weighted by Crippen LogP contribution is 2.29. The number of aliphatic carboxylic acids is 1. The van der Waals surface area contributed by atoms with Gasteiger partial charge in [0.15, 0.2) is 5.65 Å². The van der Waals surface area contributed by atoms with Crippen molar-refractivity contribution in [3.8, 4) is 16.8 Å². The third kappa shape index (κ3) is 15.2. The highest BCUT2D eigenvalue weighted by atomic mass is 19.1. The zero-order valence-electron chi connectivity index (χ0n) is 41.4. The Hall–Kier alpha value is -6.06. The molecule has 5 heterocycles. The fourth-order valence-electron chi connectivity index (χ4n) is 9.95. The van der Waals surface area contributed by atoms with Gasteiger partial charge in [0.05, 0.1) is 17.3 Å². The van der Waals surface area contributed by atoms with E-state index in [-0.39, 0.29) is 28.7 Å². The van der Waals surface area contributed by atoms with Gasteiger partial charge in [0.2, 0.25) is 0 Å². The molecular formula is C56H72F2N8O5. The lowest BCUT2D eigenvalue weighted by Gasteiger charge is -2.30. The Morgan fingerprint density at radius 1 is 0.746 bits per heavy atom. The maximum Gasteiger partial charge on any atom is 0.337 e. The van der Waals surface area contributed by atoms with Gasteiger partial charge >= 0.3 is 11.7 Å². The SMILES string of the molecule is CCCCCCCCCCCCCCCCCC(=O)O.O=C(NC1CCC(n2c(=O)c3cc(F)cnc3n(-c3cccc(-c4ccc(CN5CCNCC5)cc4)c3)c2=O)CC1)c1cn2cc(F)ccc2n1. The van der Waals surface area contributed by atoms with E-state index in [0.29, 0.717) is 43.4 Å². The van der Waals surface area contributed by atoms with Crippen molar-refractivity contribution >= 4 is 28.6 Å². The van der Waals surface area contributed by atoms with E-state index in [1.807, 2.05) is 18.2 Å². The van der Waals surface area contributed by atoms with E-state index < -0.39 is 34.9 Å². The summed E-state index contributed by atoms with van der Waals surface area (Å²) in [6.45, 7) is 7.15. The molecular weight excluding hydrogens is 903 g/mol. The molecule has 1 amide bonds. The second-order valence-corrected chi connectivity index (χ2v) is 19.4. The molecule has 15 heteroatoms. The van der Waals surface area contributed by atoms with Crippen LogP contribution >= 0.6 is 0 Å². The van der Waals surface area contributed by atoms with Crippen molar-refractivity contribution in [2.75, 3.05) is 26.2 Å². The molecule has 1 saturated heterocycles. The Labute approximate surface area is 415 Å². The van der Waals surface area contributed by atoms with Crippen molar-refractivity contribution in [3.63, 3.8) is 0 Å². The van der Waals surface area contributed by atoms with Crippen molar-refractivity contribution in [1.29, 1.82) is 0 Å². The molecule has 0 spiro atoms. The third-order valence-electron chi connectivity index (χ3n) is 13.9. The highest BCUT2D eigenvalue weighted by Gasteiger charge is 2.29. The van der Waals surface area contributed by atoms with E-state index in [4.69, 9.17) is 5.11 Å². The maximum atomic E-state index is 14.5.